The molecule has 0 N–H and O–H groups in total. The van der Waals surface area contributed by atoms with Crippen molar-refractivity contribution >= 4 is 39.5 Å². The van der Waals surface area contributed by atoms with Crippen LogP contribution in [0, 0.1) is 0 Å². The molecule has 0 aromatic heterocycles. The highest BCUT2D eigenvalue weighted by molar-refractivity contribution is 9.10. The fourth-order valence-electron chi connectivity index (χ4n) is 2.95. The second kappa shape index (κ2) is 7.54. The minimum Gasteiger partial charge on any atom is -0.444 e. The number of hydrogen-bond acceptors (Lipinski definition) is 3. The molecule has 1 aromatic rings. The van der Waals surface area contributed by atoms with Crippen LogP contribution in [0.1, 0.15) is 46.2 Å². The van der Waals surface area contributed by atoms with Crippen LogP contribution in [0.3, 0.4) is 0 Å². The van der Waals surface area contributed by atoms with Crippen LogP contribution in [-0.2, 0) is 9.53 Å². The summed E-state index contributed by atoms with van der Waals surface area (Å²) in [6.07, 6.45) is -0.366. The summed E-state index contributed by atoms with van der Waals surface area (Å²) in [5.74, 6) is -0.0308. The van der Waals surface area contributed by atoms with Gasteiger partial charge in [0.1, 0.15) is 5.60 Å². The van der Waals surface area contributed by atoms with Gasteiger partial charge in [0.15, 0.2) is 0 Å². The third-order valence-electron chi connectivity index (χ3n) is 4.04. The molecule has 1 aliphatic rings. The Bertz CT molecular complexity index is 655. The van der Waals surface area contributed by atoms with Gasteiger partial charge in [0, 0.05) is 35.6 Å². The summed E-state index contributed by atoms with van der Waals surface area (Å²) in [5.41, 5.74) is 0.318. The summed E-state index contributed by atoms with van der Waals surface area (Å²) >= 11 is 9.61. The Morgan fingerprint density at radius 3 is 2.36 bits per heavy atom. The lowest BCUT2D eigenvalue weighted by molar-refractivity contribution is -0.135. The predicted molar refractivity (Wildman–Crippen MR) is 102 cm³/mol. The van der Waals surface area contributed by atoms with Crippen LogP contribution in [0.2, 0.25) is 5.02 Å². The van der Waals surface area contributed by atoms with Crippen LogP contribution in [-0.4, -0.2) is 46.5 Å². The molecule has 0 radical (unpaired) electrons. The minimum atomic E-state index is -0.566. The number of carbonyl (C=O) groups excluding carboxylic acids is 2. The van der Waals surface area contributed by atoms with Crippen molar-refractivity contribution < 1.29 is 14.3 Å². The van der Waals surface area contributed by atoms with Gasteiger partial charge in [-0.2, -0.15) is 0 Å². The maximum atomic E-state index is 12.6. The average molecular weight is 432 g/mol. The van der Waals surface area contributed by atoms with Gasteiger partial charge in [0.25, 0.3) is 0 Å². The molecule has 1 aliphatic heterocycles. The quantitative estimate of drug-likeness (QED) is 0.651. The molecule has 1 fully saturated rings. The van der Waals surface area contributed by atoms with Crippen molar-refractivity contribution in [2.45, 2.75) is 52.3 Å². The highest BCUT2D eigenvalue weighted by Gasteiger charge is 2.38. The van der Waals surface area contributed by atoms with E-state index in [1.807, 2.05) is 39.8 Å². The second-order valence-electron chi connectivity index (χ2n) is 7.37. The van der Waals surface area contributed by atoms with Crippen LogP contribution >= 0.6 is 27.5 Å². The molecular formula is C18H24BrClN2O3. The van der Waals surface area contributed by atoms with Gasteiger partial charge in [-0.15, -0.1) is 0 Å². The zero-order valence-corrected chi connectivity index (χ0v) is 17.5. The molecule has 0 saturated carbocycles. The summed E-state index contributed by atoms with van der Waals surface area (Å²) in [6.45, 7) is 9.80. The number of hydrogen-bond donors (Lipinski definition) is 0. The highest BCUT2D eigenvalue weighted by Crippen LogP contribution is 2.32. The first-order chi connectivity index (χ1) is 11.5. The lowest BCUT2D eigenvalue weighted by atomic mass is 10.00. The largest absolute Gasteiger partial charge is 0.444 e. The van der Waals surface area contributed by atoms with E-state index in [4.69, 9.17) is 16.3 Å². The van der Waals surface area contributed by atoms with E-state index in [1.54, 1.807) is 22.8 Å². The second-order valence-corrected chi connectivity index (χ2v) is 8.72. The zero-order valence-electron chi connectivity index (χ0n) is 15.2. The van der Waals surface area contributed by atoms with Crippen molar-refractivity contribution in [2.24, 2.45) is 0 Å². The van der Waals surface area contributed by atoms with E-state index >= 15 is 0 Å². The van der Waals surface area contributed by atoms with Crippen molar-refractivity contribution in [1.29, 1.82) is 0 Å². The first-order valence-corrected chi connectivity index (χ1v) is 9.38. The first kappa shape index (κ1) is 20.0. The third kappa shape index (κ3) is 5.11. The van der Waals surface area contributed by atoms with Gasteiger partial charge in [-0.1, -0.05) is 27.5 Å². The zero-order chi connectivity index (χ0) is 18.9. The van der Waals surface area contributed by atoms with E-state index in [-0.39, 0.29) is 24.1 Å². The van der Waals surface area contributed by atoms with Crippen LogP contribution in [0.15, 0.2) is 22.7 Å². The minimum absolute atomic E-state index is 0.0308. The van der Waals surface area contributed by atoms with Crippen LogP contribution in [0.5, 0.6) is 0 Å². The summed E-state index contributed by atoms with van der Waals surface area (Å²) in [4.78, 5) is 28.2. The van der Waals surface area contributed by atoms with Gasteiger partial charge in [-0.05, 0) is 51.5 Å². The molecule has 1 aromatic carbocycles. The monoisotopic (exact) mass is 430 g/mol. The Kier molecular flexibility index (Phi) is 6.05. The van der Waals surface area contributed by atoms with Gasteiger partial charge in [-0.3, -0.25) is 4.79 Å². The number of piperazine rings is 1. The fraction of sp³-hybridized carbons (Fsp3) is 0.556. The Labute approximate surface area is 162 Å². The molecular weight excluding hydrogens is 408 g/mol. The van der Waals surface area contributed by atoms with E-state index in [0.29, 0.717) is 18.1 Å². The van der Waals surface area contributed by atoms with Crippen molar-refractivity contribution in [3.8, 4) is 0 Å². The van der Waals surface area contributed by atoms with Gasteiger partial charge in [-0.25, -0.2) is 4.79 Å². The van der Waals surface area contributed by atoms with Gasteiger partial charge in [0.2, 0.25) is 5.91 Å². The van der Waals surface area contributed by atoms with Crippen molar-refractivity contribution in [1.82, 2.24) is 9.80 Å². The van der Waals surface area contributed by atoms with E-state index in [0.717, 1.165) is 10.0 Å². The molecule has 1 heterocycles. The molecule has 2 amide bonds. The maximum Gasteiger partial charge on any atom is 0.410 e. The number of rotatable bonds is 1. The van der Waals surface area contributed by atoms with Gasteiger partial charge in [0.05, 0.1) is 6.04 Å². The number of ether oxygens (including phenoxy) is 1. The topological polar surface area (TPSA) is 49.9 Å². The molecule has 0 unspecified atom stereocenters. The molecule has 25 heavy (non-hydrogen) atoms. The molecule has 0 bridgehead atoms. The smallest absolute Gasteiger partial charge is 0.410 e. The predicted octanol–water partition coefficient (Wildman–Crippen LogP) is 4.63. The lowest BCUT2D eigenvalue weighted by Crippen LogP contribution is -2.57. The number of amides is 2. The molecule has 0 spiro atoms. The summed E-state index contributed by atoms with van der Waals surface area (Å²) in [5, 5.41) is 0.579. The van der Waals surface area contributed by atoms with E-state index in [1.165, 1.54) is 0 Å². The van der Waals surface area contributed by atoms with E-state index in [2.05, 4.69) is 15.9 Å². The molecule has 138 valence electrons. The lowest BCUT2D eigenvalue weighted by Gasteiger charge is -2.45. The number of benzene rings is 1. The number of nitrogens with zero attached hydrogens (tertiary/aromatic N) is 2. The maximum absolute atomic E-state index is 12.6. The third-order valence-corrected chi connectivity index (χ3v) is 4.72. The Morgan fingerprint density at radius 1 is 1.20 bits per heavy atom. The fourth-order valence-corrected chi connectivity index (χ4v) is 3.84. The van der Waals surface area contributed by atoms with E-state index in [9.17, 15) is 9.59 Å². The summed E-state index contributed by atoms with van der Waals surface area (Å²) < 4.78 is 6.36. The summed E-state index contributed by atoms with van der Waals surface area (Å²) in [7, 11) is 0. The Hall–Kier alpha value is -1.27. The van der Waals surface area contributed by atoms with Crippen molar-refractivity contribution in [3.63, 3.8) is 0 Å². The number of halogens is 2. The molecule has 2 rings (SSSR count). The van der Waals surface area contributed by atoms with Crippen LogP contribution in [0.25, 0.3) is 0 Å². The van der Waals surface area contributed by atoms with Crippen LogP contribution in [0.4, 0.5) is 4.79 Å². The molecule has 5 nitrogen and oxygen atoms in total. The van der Waals surface area contributed by atoms with Gasteiger partial charge < -0.3 is 14.5 Å². The molecule has 1 saturated heterocycles. The number of carbonyl (C=O) groups is 2. The van der Waals surface area contributed by atoms with Crippen LogP contribution < -0.4 is 0 Å². The molecule has 7 heteroatoms. The molecule has 0 aliphatic carbocycles. The summed E-state index contributed by atoms with van der Waals surface area (Å²) in [6, 6.07) is 5.15. The standard InChI is InChI=1S/C18H24BrClN2O3/c1-11-9-22(12(2)23)16(13-6-14(19)8-15(20)7-13)10-21(11)17(24)25-18(3,4)5/h6-8,11,16H,9-10H2,1-5H3/t11-,16-/m0/s1. The van der Waals surface area contributed by atoms with E-state index < -0.39 is 5.60 Å². The first-order valence-electron chi connectivity index (χ1n) is 8.21. The average Bonchev–Trinajstić information content (AvgIpc) is 2.43. The normalized spacial score (nSPS) is 21.2. The Balaban J connectivity index is 2.34. The Morgan fingerprint density at radius 2 is 1.84 bits per heavy atom. The van der Waals surface area contributed by atoms with Crippen molar-refractivity contribution in [3.05, 3.63) is 33.3 Å². The van der Waals surface area contributed by atoms with Crippen molar-refractivity contribution in [2.75, 3.05) is 13.1 Å². The van der Waals surface area contributed by atoms with Gasteiger partial charge >= 0.3 is 6.09 Å². The SMILES string of the molecule is CC(=O)N1C[C@H](C)N(C(=O)OC(C)(C)C)C[C@H]1c1cc(Cl)cc(Br)c1. The molecule has 2 atom stereocenters. The highest BCUT2D eigenvalue weighted by atomic mass is 79.9.